The van der Waals surface area contributed by atoms with Crippen LogP contribution in [0.4, 0.5) is 10.6 Å². The average Bonchev–Trinajstić information content (AvgIpc) is 2.38. The van der Waals surface area contributed by atoms with E-state index in [1.807, 2.05) is 27.8 Å². The number of carbonyl (C=O) groups excluding carboxylic acids is 1. The summed E-state index contributed by atoms with van der Waals surface area (Å²) in [4.78, 5) is 15.4. The minimum atomic E-state index is -0.495. The van der Waals surface area contributed by atoms with Gasteiger partial charge >= 0.3 is 6.09 Å². The van der Waals surface area contributed by atoms with Gasteiger partial charge in [-0.25, -0.2) is 9.78 Å². The highest BCUT2D eigenvalue weighted by Gasteiger charge is 2.16. The van der Waals surface area contributed by atoms with Gasteiger partial charge in [0.2, 0.25) is 0 Å². The second-order valence-corrected chi connectivity index (χ2v) is 4.55. The monoisotopic (exact) mass is 226 g/mol. The molecule has 3 N–H and O–H groups in total. The maximum absolute atomic E-state index is 11.3. The molecular weight excluding hydrogens is 208 g/mol. The van der Waals surface area contributed by atoms with Gasteiger partial charge in [-0.2, -0.15) is 0 Å². The van der Waals surface area contributed by atoms with E-state index in [1.54, 1.807) is 10.8 Å². The SMILES string of the molecule is Cn1cc(N)nc1CNC(=O)OC(C)(C)C. The Bertz CT molecular complexity index is 379. The number of aryl methyl sites for hydroxylation is 1. The predicted octanol–water partition coefficient (Wildman–Crippen LogP) is 1.03. The van der Waals surface area contributed by atoms with Crippen LogP contribution in [0.3, 0.4) is 0 Å². The van der Waals surface area contributed by atoms with E-state index < -0.39 is 11.7 Å². The Morgan fingerprint density at radius 2 is 2.25 bits per heavy atom. The van der Waals surface area contributed by atoms with Gasteiger partial charge < -0.3 is 20.4 Å². The molecule has 16 heavy (non-hydrogen) atoms. The van der Waals surface area contributed by atoms with Crippen molar-refractivity contribution in [3.8, 4) is 0 Å². The summed E-state index contributed by atoms with van der Waals surface area (Å²) < 4.78 is 6.84. The summed E-state index contributed by atoms with van der Waals surface area (Å²) in [5.41, 5.74) is 5.02. The third kappa shape index (κ3) is 3.80. The van der Waals surface area contributed by atoms with Crippen molar-refractivity contribution in [3.63, 3.8) is 0 Å². The molecular formula is C10H18N4O2. The van der Waals surface area contributed by atoms with Crippen molar-refractivity contribution in [1.82, 2.24) is 14.9 Å². The number of nitrogens with one attached hydrogen (secondary N) is 1. The molecule has 0 aliphatic rings. The number of rotatable bonds is 2. The molecule has 1 amide bonds. The van der Waals surface area contributed by atoms with Gasteiger partial charge in [-0.15, -0.1) is 0 Å². The van der Waals surface area contributed by atoms with Gasteiger partial charge in [0.15, 0.2) is 0 Å². The molecule has 0 spiro atoms. The van der Waals surface area contributed by atoms with Gasteiger partial charge in [0.25, 0.3) is 0 Å². The molecule has 0 radical (unpaired) electrons. The van der Waals surface area contributed by atoms with Crippen molar-refractivity contribution in [2.24, 2.45) is 7.05 Å². The summed E-state index contributed by atoms with van der Waals surface area (Å²) in [7, 11) is 1.81. The molecule has 0 fully saturated rings. The van der Waals surface area contributed by atoms with Crippen LogP contribution in [0.2, 0.25) is 0 Å². The average molecular weight is 226 g/mol. The topological polar surface area (TPSA) is 82.2 Å². The summed E-state index contributed by atoms with van der Waals surface area (Å²) in [5, 5.41) is 2.61. The maximum atomic E-state index is 11.3. The largest absolute Gasteiger partial charge is 0.444 e. The van der Waals surface area contributed by atoms with E-state index >= 15 is 0 Å². The molecule has 1 rings (SSSR count). The van der Waals surface area contributed by atoms with Gasteiger partial charge in [0, 0.05) is 13.2 Å². The molecule has 0 aliphatic carbocycles. The molecule has 6 heteroatoms. The maximum Gasteiger partial charge on any atom is 0.408 e. The number of carbonyl (C=O) groups is 1. The normalized spacial score (nSPS) is 11.2. The fraction of sp³-hybridized carbons (Fsp3) is 0.600. The molecule has 6 nitrogen and oxygen atoms in total. The first-order valence-corrected chi connectivity index (χ1v) is 5.02. The number of aromatic nitrogens is 2. The van der Waals surface area contributed by atoms with E-state index in [0.29, 0.717) is 18.2 Å². The van der Waals surface area contributed by atoms with Crippen molar-refractivity contribution >= 4 is 11.9 Å². The highest BCUT2D eigenvalue weighted by Crippen LogP contribution is 2.07. The standard InChI is InChI=1S/C10H18N4O2/c1-10(2,3)16-9(15)12-5-8-13-7(11)6-14(8)4/h6H,5,11H2,1-4H3,(H,12,15). The van der Waals surface area contributed by atoms with Gasteiger partial charge in [0.05, 0.1) is 6.54 Å². The van der Waals surface area contributed by atoms with Crippen LogP contribution in [0.1, 0.15) is 26.6 Å². The highest BCUT2D eigenvalue weighted by atomic mass is 16.6. The summed E-state index contributed by atoms with van der Waals surface area (Å²) in [6, 6.07) is 0. The van der Waals surface area contributed by atoms with Crippen LogP contribution in [0.15, 0.2) is 6.20 Å². The lowest BCUT2D eigenvalue weighted by Gasteiger charge is -2.19. The van der Waals surface area contributed by atoms with Gasteiger partial charge in [0.1, 0.15) is 17.2 Å². The molecule has 90 valence electrons. The second kappa shape index (κ2) is 4.42. The first kappa shape index (κ1) is 12.4. The number of alkyl carbamates (subject to hydrolysis) is 1. The molecule has 0 unspecified atom stereocenters. The first-order valence-electron chi connectivity index (χ1n) is 5.02. The minimum Gasteiger partial charge on any atom is -0.444 e. The number of hydrogen-bond donors (Lipinski definition) is 2. The first-order chi connectivity index (χ1) is 7.28. The lowest BCUT2D eigenvalue weighted by atomic mass is 10.2. The van der Waals surface area contributed by atoms with Crippen molar-refractivity contribution in [3.05, 3.63) is 12.0 Å². The lowest BCUT2D eigenvalue weighted by Crippen LogP contribution is -2.32. The lowest BCUT2D eigenvalue weighted by molar-refractivity contribution is 0.0522. The van der Waals surface area contributed by atoms with E-state index in [0.717, 1.165) is 0 Å². The quantitative estimate of drug-likeness (QED) is 0.789. The molecule has 0 atom stereocenters. The second-order valence-electron chi connectivity index (χ2n) is 4.55. The summed E-state index contributed by atoms with van der Waals surface area (Å²) in [6.45, 7) is 5.73. The van der Waals surface area contributed by atoms with E-state index in [2.05, 4.69) is 10.3 Å². The van der Waals surface area contributed by atoms with Crippen molar-refractivity contribution < 1.29 is 9.53 Å². The van der Waals surface area contributed by atoms with Crippen LogP contribution in [-0.4, -0.2) is 21.2 Å². The van der Waals surface area contributed by atoms with Gasteiger partial charge in [-0.05, 0) is 20.8 Å². The van der Waals surface area contributed by atoms with Crippen molar-refractivity contribution in [1.29, 1.82) is 0 Å². The zero-order valence-corrected chi connectivity index (χ0v) is 10.1. The summed E-state index contributed by atoms with van der Waals surface area (Å²) in [6.07, 6.45) is 1.22. The number of nitrogen functional groups attached to an aromatic ring is 1. The fourth-order valence-corrected chi connectivity index (χ4v) is 1.16. The van der Waals surface area contributed by atoms with Gasteiger partial charge in [-0.3, -0.25) is 0 Å². The van der Waals surface area contributed by atoms with Crippen molar-refractivity contribution in [2.45, 2.75) is 32.9 Å². The fourth-order valence-electron chi connectivity index (χ4n) is 1.16. The van der Waals surface area contributed by atoms with Crippen LogP contribution in [0.25, 0.3) is 0 Å². The summed E-state index contributed by atoms with van der Waals surface area (Å²) >= 11 is 0. The van der Waals surface area contributed by atoms with E-state index in [-0.39, 0.29) is 0 Å². The molecule has 0 saturated heterocycles. The Morgan fingerprint density at radius 3 is 2.69 bits per heavy atom. The predicted molar refractivity (Wildman–Crippen MR) is 60.7 cm³/mol. The van der Waals surface area contributed by atoms with Crippen LogP contribution in [0, 0.1) is 0 Å². The Labute approximate surface area is 94.8 Å². The number of ether oxygens (including phenoxy) is 1. The summed E-state index contributed by atoms with van der Waals surface area (Å²) in [5.74, 6) is 1.12. The molecule has 0 saturated carbocycles. The van der Waals surface area contributed by atoms with Crippen LogP contribution in [-0.2, 0) is 18.3 Å². The molecule has 0 aromatic carbocycles. The third-order valence-corrected chi connectivity index (χ3v) is 1.78. The number of amides is 1. The highest BCUT2D eigenvalue weighted by molar-refractivity contribution is 5.67. The molecule has 1 aromatic rings. The Kier molecular flexibility index (Phi) is 3.41. The number of nitrogens with two attached hydrogens (primary N) is 1. The number of hydrogen-bond acceptors (Lipinski definition) is 4. The van der Waals surface area contributed by atoms with Crippen molar-refractivity contribution in [2.75, 3.05) is 5.73 Å². The van der Waals surface area contributed by atoms with Gasteiger partial charge in [-0.1, -0.05) is 0 Å². The van der Waals surface area contributed by atoms with Crippen LogP contribution >= 0.6 is 0 Å². The van der Waals surface area contributed by atoms with E-state index in [9.17, 15) is 4.79 Å². The molecule has 0 bridgehead atoms. The Morgan fingerprint density at radius 1 is 1.62 bits per heavy atom. The molecule has 0 aliphatic heterocycles. The number of anilines is 1. The Balaban J connectivity index is 2.46. The van der Waals surface area contributed by atoms with E-state index in [4.69, 9.17) is 10.5 Å². The number of imidazole rings is 1. The zero-order chi connectivity index (χ0) is 12.3. The molecule has 1 aromatic heterocycles. The number of nitrogens with zero attached hydrogens (tertiary/aromatic N) is 2. The Hall–Kier alpha value is -1.72. The smallest absolute Gasteiger partial charge is 0.408 e. The molecule has 1 heterocycles. The van der Waals surface area contributed by atoms with Crippen LogP contribution in [0.5, 0.6) is 0 Å². The van der Waals surface area contributed by atoms with Crippen LogP contribution < -0.4 is 11.1 Å². The van der Waals surface area contributed by atoms with E-state index in [1.165, 1.54) is 0 Å². The minimum absolute atomic E-state index is 0.294. The third-order valence-electron chi connectivity index (χ3n) is 1.78. The zero-order valence-electron chi connectivity index (χ0n) is 10.1.